The van der Waals surface area contributed by atoms with Crippen LogP contribution < -0.4 is 0 Å². The Hall–Kier alpha value is -1.39. The number of hydrogen-bond donors (Lipinski definition) is 0. The lowest BCUT2D eigenvalue weighted by Crippen LogP contribution is -2.61. The Morgan fingerprint density at radius 3 is 2.57 bits per heavy atom. The van der Waals surface area contributed by atoms with Gasteiger partial charge < -0.3 is 9.64 Å². The highest BCUT2D eigenvalue weighted by atomic mass is 16.6. The van der Waals surface area contributed by atoms with Crippen molar-refractivity contribution >= 4 is 5.91 Å². The summed E-state index contributed by atoms with van der Waals surface area (Å²) in [5.74, 6) is 0.623. The molecule has 23 heavy (non-hydrogen) atoms. The molecular formula is C19H28N2O2. The minimum atomic E-state index is -0.190. The summed E-state index contributed by atoms with van der Waals surface area (Å²) in [6.45, 7) is 10.1. The molecule has 4 nitrogen and oxygen atoms in total. The lowest BCUT2D eigenvalue weighted by molar-refractivity contribution is -0.138. The second-order valence-corrected chi connectivity index (χ2v) is 7.13. The van der Waals surface area contributed by atoms with E-state index in [9.17, 15) is 4.79 Å². The van der Waals surface area contributed by atoms with Crippen molar-refractivity contribution in [1.82, 2.24) is 9.80 Å². The largest absolute Gasteiger partial charge is 0.359 e. The minimum absolute atomic E-state index is 0.127. The molecule has 4 heteroatoms. The molecule has 0 bridgehead atoms. The fourth-order valence-electron chi connectivity index (χ4n) is 3.42. The van der Waals surface area contributed by atoms with Gasteiger partial charge in [0.2, 0.25) is 0 Å². The molecule has 1 aromatic rings. The molecule has 0 spiro atoms. The maximum Gasteiger partial charge on any atom is 0.254 e. The average Bonchev–Trinajstić information content (AvgIpc) is 3.30. The van der Waals surface area contributed by atoms with Gasteiger partial charge in [0, 0.05) is 26.2 Å². The second-order valence-electron chi connectivity index (χ2n) is 7.13. The van der Waals surface area contributed by atoms with Gasteiger partial charge >= 0.3 is 0 Å². The number of carbonyl (C=O) groups is 1. The molecule has 0 N–H and O–H groups in total. The van der Waals surface area contributed by atoms with E-state index >= 15 is 0 Å². The molecule has 0 aliphatic carbocycles. The number of epoxide rings is 1. The van der Waals surface area contributed by atoms with Gasteiger partial charge in [-0.1, -0.05) is 51.1 Å². The van der Waals surface area contributed by atoms with Crippen molar-refractivity contribution in [1.29, 1.82) is 0 Å². The normalized spacial score (nSPS) is 24.5. The Morgan fingerprint density at radius 1 is 1.30 bits per heavy atom. The van der Waals surface area contributed by atoms with Gasteiger partial charge in [0.25, 0.3) is 5.91 Å². The summed E-state index contributed by atoms with van der Waals surface area (Å²) in [5, 5.41) is 0. The van der Waals surface area contributed by atoms with Gasteiger partial charge in [0.1, 0.15) is 0 Å². The molecule has 0 saturated carbocycles. The molecule has 2 heterocycles. The zero-order valence-electron chi connectivity index (χ0n) is 14.4. The molecule has 0 radical (unpaired) electrons. The summed E-state index contributed by atoms with van der Waals surface area (Å²) in [5.41, 5.74) is 1.34. The average molecular weight is 316 g/mol. The zero-order valence-corrected chi connectivity index (χ0v) is 14.4. The van der Waals surface area contributed by atoms with Crippen molar-refractivity contribution in [3.63, 3.8) is 0 Å². The van der Waals surface area contributed by atoms with Crippen molar-refractivity contribution < 1.29 is 9.53 Å². The van der Waals surface area contributed by atoms with Crippen LogP contribution in [0.25, 0.3) is 0 Å². The number of nitrogens with zero attached hydrogens (tertiary/aromatic N) is 2. The number of carbonyl (C=O) groups excluding carboxylic acids is 1. The van der Waals surface area contributed by atoms with Gasteiger partial charge in [-0.05, 0) is 17.9 Å². The summed E-state index contributed by atoms with van der Waals surface area (Å²) < 4.78 is 5.60. The number of hydrogen-bond acceptors (Lipinski definition) is 3. The van der Waals surface area contributed by atoms with Crippen LogP contribution in [0.4, 0.5) is 0 Å². The predicted octanol–water partition coefficient (Wildman–Crippen LogP) is 2.53. The molecule has 0 aromatic heterocycles. The third-order valence-electron chi connectivity index (χ3n) is 4.80. The second kappa shape index (κ2) is 7.02. The number of rotatable bonds is 7. The number of amides is 1. The first-order chi connectivity index (χ1) is 11.1. The summed E-state index contributed by atoms with van der Waals surface area (Å²) in [4.78, 5) is 17.2. The van der Waals surface area contributed by atoms with E-state index in [1.165, 1.54) is 5.56 Å². The highest BCUT2D eigenvalue weighted by Gasteiger charge is 2.50. The van der Waals surface area contributed by atoms with Gasteiger partial charge in [-0.15, -0.1) is 0 Å². The van der Waals surface area contributed by atoms with E-state index in [1.807, 2.05) is 6.07 Å². The molecule has 2 aliphatic heterocycles. The van der Waals surface area contributed by atoms with E-state index in [2.05, 4.69) is 54.8 Å². The fraction of sp³-hybridized carbons (Fsp3) is 0.632. The van der Waals surface area contributed by atoms with Crippen LogP contribution in [0.1, 0.15) is 32.8 Å². The minimum Gasteiger partial charge on any atom is -0.359 e. The lowest BCUT2D eigenvalue weighted by atomic mass is 10.0. The van der Waals surface area contributed by atoms with Crippen molar-refractivity contribution in [3.8, 4) is 0 Å². The van der Waals surface area contributed by atoms with Crippen LogP contribution in [0.2, 0.25) is 0 Å². The van der Waals surface area contributed by atoms with Crippen LogP contribution in [0.5, 0.6) is 0 Å². The first kappa shape index (κ1) is 16.5. The standard InChI is InChI=1S/C19H28N2O2/c1-4-10-21(19(22)18-17(23-18)14(2)3)16-12-20(13-16)11-15-8-6-5-7-9-15/h5-9,14,16-18H,4,10-13H2,1-3H3/t17-,18+/m1/s1. The van der Waals surface area contributed by atoms with E-state index in [1.54, 1.807) is 0 Å². The third kappa shape index (κ3) is 3.75. The SMILES string of the molecule is CCCN(C(=O)[C@H]1O[C@@H]1C(C)C)C1CN(Cc2ccccc2)C1. The van der Waals surface area contributed by atoms with Gasteiger partial charge in [-0.3, -0.25) is 9.69 Å². The van der Waals surface area contributed by atoms with Crippen LogP contribution in [0, 0.1) is 5.92 Å². The van der Waals surface area contributed by atoms with Crippen LogP contribution in [0.15, 0.2) is 30.3 Å². The Morgan fingerprint density at radius 2 is 2.00 bits per heavy atom. The molecule has 2 atom stereocenters. The zero-order chi connectivity index (χ0) is 16.4. The van der Waals surface area contributed by atoms with E-state index in [-0.39, 0.29) is 18.1 Å². The van der Waals surface area contributed by atoms with E-state index in [0.29, 0.717) is 12.0 Å². The molecule has 1 amide bonds. The smallest absolute Gasteiger partial charge is 0.254 e. The van der Waals surface area contributed by atoms with Gasteiger partial charge in [-0.2, -0.15) is 0 Å². The summed E-state index contributed by atoms with van der Waals surface area (Å²) in [7, 11) is 0. The lowest BCUT2D eigenvalue weighted by Gasteiger charge is -2.45. The Balaban J connectivity index is 1.52. The van der Waals surface area contributed by atoms with Crippen LogP contribution in [-0.2, 0) is 16.1 Å². The Bertz CT molecular complexity index is 525. The van der Waals surface area contributed by atoms with E-state index in [0.717, 1.165) is 32.6 Å². The Labute approximate surface area is 139 Å². The molecule has 2 aliphatic rings. The van der Waals surface area contributed by atoms with Crippen molar-refractivity contribution in [3.05, 3.63) is 35.9 Å². The highest BCUT2D eigenvalue weighted by molar-refractivity contribution is 5.84. The molecular weight excluding hydrogens is 288 g/mol. The molecule has 3 rings (SSSR count). The summed E-state index contributed by atoms with van der Waals surface area (Å²) >= 11 is 0. The van der Waals surface area contributed by atoms with Crippen molar-refractivity contribution in [2.75, 3.05) is 19.6 Å². The molecule has 0 unspecified atom stereocenters. The number of benzene rings is 1. The van der Waals surface area contributed by atoms with Gasteiger partial charge in [0.15, 0.2) is 6.10 Å². The monoisotopic (exact) mass is 316 g/mol. The maximum absolute atomic E-state index is 12.7. The topological polar surface area (TPSA) is 36.1 Å². The number of ether oxygens (including phenoxy) is 1. The molecule has 2 fully saturated rings. The van der Waals surface area contributed by atoms with Crippen LogP contribution >= 0.6 is 0 Å². The first-order valence-corrected chi connectivity index (χ1v) is 8.82. The van der Waals surface area contributed by atoms with Crippen molar-refractivity contribution in [2.24, 2.45) is 5.92 Å². The maximum atomic E-state index is 12.7. The predicted molar refractivity (Wildman–Crippen MR) is 91.0 cm³/mol. The fourth-order valence-corrected chi connectivity index (χ4v) is 3.42. The van der Waals surface area contributed by atoms with Crippen LogP contribution in [-0.4, -0.2) is 53.6 Å². The van der Waals surface area contributed by atoms with Crippen LogP contribution in [0.3, 0.4) is 0 Å². The quantitative estimate of drug-likeness (QED) is 0.725. The molecule has 2 saturated heterocycles. The highest BCUT2D eigenvalue weighted by Crippen LogP contribution is 2.32. The first-order valence-electron chi connectivity index (χ1n) is 8.82. The van der Waals surface area contributed by atoms with E-state index < -0.39 is 0 Å². The third-order valence-corrected chi connectivity index (χ3v) is 4.80. The summed E-state index contributed by atoms with van der Waals surface area (Å²) in [6.07, 6.45) is 0.937. The molecule has 126 valence electrons. The van der Waals surface area contributed by atoms with Crippen molar-refractivity contribution in [2.45, 2.75) is 52.0 Å². The Kier molecular flexibility index (Phi) is 5.02. The molecule has 1 aromatic carbocycles. The van der Waals surface area contributed by atoms with Gasteiger partial charge in [0.05, 0.1) is 12.1 Å². The van der Waals surface area contributed by atoms with Gasteiger partial charge in [-0.25, -0.2) is 0 Å². The number of likely N-dealkylation sites (tertiary alicyclic amines) is 1. The van der Waals surface area contributed by atoms with E-state index in [4.69, 9.17) is 4.74 Å². The summed E-state index contributed by atoms with van der Waals surface area (Å²) in [6, 6.07) is 10.9.